The molecule has 0 spiro atoms. The maximum atomic E-state index is 12.4. The van der Waals surface area contributed by atoms with Gasteiger partial charge < -0.3 is 5.32 Å². The second kappa shape index (κ2) is 5.72. The number of rotatable bonds is 2. The molecule has 0 aliphatic carbocycles. The number of nitrogens with zero attached hydrogens (tertiary/aromatic N) is 1. The molecule has 0 saturated heterocycles. The van der Waals surface area contributed by atoms with E-state index >= 15 is 0 Å². The summed E-state index contributed by atoms with van der Waals surface area (Å²) in [5.74, 6) is -0.307. The Morgan fingerprint density at radius 1 is 1.00 bits per heavy atom. The van der Waals surface area contributed by atoms with Crippen LogP contribution in [0.1, 0.15) is 10.4 Å². The minimum atomic E-state index is -0.307. The summed E-state index contributed by atoms with van der Waals surface area (Å²) in [5, 5.41) is 4.31. The number of amides is 1. The van der Waals surface area contributed by atoms with Gasteiger partial charge in [0.05, 0.1) is 26.8 Å². The Morgan fingerprint density at radius 2 is 1.81 bits per heavy atom. The van der Waals surface area contributed by atoms with Crippen molar-refractivity contribution in [3.8, 4) is 0 Å². The lowest BCUT2D eigenvalue weighted by Gasteiger charge is -2.09. The summed E-state index contributed by atoms with van der Waals surface area (Å²) in [6.45, 7) is 0. The minimum Gasteiger partial charge on any atom is -0.321 e. The summed E-state index contributed by atoms with van der Waals surface area (Å²) in [6.07, 6.45) is 1.71. The van der Waals surface area contributed by atoms with Crippen LogP contribution in [0.3, 0.4) is 0 Å². The lowest BCUT2D eigenvalue weighted by molar-refractivity contribution is 0.102. The van der Waals surface area contributed by atoms with Crippen molar-refractivity contribution in [2.45, 2.75) is 0 Å². The summed E-state index contributed by atoms with van der Waals surface area (Å²) < 4.78 is 0. The molecule has 0 saturated carbocycles. The number of nitrogens with one attached hydrogen (secondary N) is 1. The van der Waals surface area contributed by atoms with Gasteiger partial charge in [-0.05, 0) is 36.4 Å². The molecule has 0 aliphatic heterocycles. The number of benzene rings is 2. The van der Waals surface area contributed by atoms with E-state index < -0.39 is 0 Å². The first-order valence-electron chi connectivity index (χ1n) is 6.26. The van der Waals surface area contributed by atoms with Gasteiger partial charge in [0.2, 0.25) is 0 Å². The van der Waals surface area contributed by atoms with Crippen LogP contribution in [0.4, 0.5) is 5.69 Å². The van der Waals surface area contributed by atoms with Crippen molar-refractivity contribution in [3.05, 3.63) is 70.3 Å². The maximum Gasteiger partial charge on any atom is 0.257 e. The summed E-state index contributed by atoms with van der Waals surface area (Å²) in [7, 11) is 0. The number of anilines is 1. The molecule has 5 heteroatoms. The highest BCUT2D eigenvalue weighted by Gasteiger charge is 2.13. The molecule has 3 aromatic rings. The second-order valence-corrected chi connectivity index (χ2v) is 5.22. The number of pyridine rings is 1. The Morgan fingerprint density at radius 3 is 2.67 bits per heavy atom. The van der Waals surface area contributed by atoms with Crippen molar-refractivity contribution in [1.29, 1.82) is 0 Å². The Balaban J connectivity index is 1.99. The van der Waals surface area contributed by atoms with Gasteiger partial charge in [-0.1, -0.05) is 35.3 Å². The fraction of sp³-hybridized carbons (Fsp3) is 0. The fourth-order valence-corrected chi connectivity index (χ4v) is 2.47. The van der Waals surface area contributed by atoms with Gasteiger partial charge in [-0.15, -0.1) is 0 Å². The smallest absolute Gasteiger partial charge is 0.257 e. The number of carbonyl (C=O) groups excluding carboxylic acids is 1. The van der Waals surface area contributed by atoms with Gasteiger partial charge in [0.1, 0.15) is 0 Å². The van der Waals surface area contributed by atoms with Gasteiger partial charge in [-0.25, -0.2) is 0 Å². The van der Waals surface area contributed by atoms with Gasteiger partial charge in [-0.3, -0.25) is 9.78 Å². The molecule has 0 unspecified atom stereocenters. The number of carbonyl (C=O) groups is 1. The first-order valence-corrected chi connectivity index (χ1v) is 7.01. The van der Waals surface area contributed by atoms with E-state index in [2.05, 4.69) is 10.3 Å². The molecular weight excluding hydrogens is 307 g/mol. The number of fused-ring (bicyclic) bond motifs is 1. The van der Waals surface area contributed by atoms with Crippen LogP contribution in [0, 0.1) is 0 Å². The zero-order valence-corrected chi connectivity index (χ0v) is 12.3. The first-order chi connectivity index (χ1) is 10.2. The van der Waals surface area contributed by atoms with Crippen LogP contribution in [-0.4, -0.2) is 10.9 Å². The molecule has 2 aromatic carbocycles. The van der Waals surface area contributed by atoms with Crippen molar-refractivity contribution >= 4 is 45.7 Å². The molecule has 0 atom stereocenters. The van der Waals surface area contributed by atoms with Gasteiger partial charge in [-0.2, -0.15) is 0 Å². The Kier molecular flexibility index (Phi) is 3.78. The highest BCUT2D eigenvalue weighted by atomic mass is 35.5. The SMILES string of the molecule is O=C(Nc1cccc2ncccc12)c1cccc(Cl)c1Cl. The molecule has 104 valence electrons. The average Bonchev–Trinajstić information content (AvgIpc) is 2.50. The van der Waals surface area contributed by atoms with Crippen molar-refractivity contribution in [2.24, 2.45) is 0 Å². The standard InChI is InChI=1S/C16H10Cl2N2O/c17-12-6-1-4-11(15(12)18)16(21)20-14-8-2-7-13-10(14)5-3-9-19-13/h1-9H,(H,20,21). The third-order valence-electron chi connectivity index (χ3n) is 3.09. The van der Waals surface area contributed by atoms with Crippen LogP contribution >= 0.6 is 23.2 Å². The van der Waals surface area contributed by atoms with E-state index in [0.29, 0.717) is 16.3 Å². The predicted molar refractivity (Wildman–Crippen MR) is 86.2 cm³/mol. The van der Waals surface area contributed by atoms with Crippen LogP contribution in [0.2, 0.25) is 10.0 Å². The van der Waals surface area contributed by atoms with Crippen molar-refractivity contribution in [1.82, 2.24) is 4.98 Å². The third kappa shape index (κ3) is 2.71. The van der Waals surface area contributed by atoms with E-state index in [1.165, 1.54) is 0 Å². The quantitative estimate of drug-likeness (QED) is 0.738. The molecule has 0 fully saturated rings. The fourth-order valence-electron chi connectivity index (χ4n) is 2.08. The van der Waals surface area contributed by atoms with Gasteiger partial charge in [0.25, 0.3) is 5.91 Å². The van der Waals surface area contributed by atoms with Crippen molar-refractivity contribution in [3.63, 3.8) is 0 Å². The van der Waals surface area contributed by atoms with Crippen molar-refractivity contribution < 1.29 is 4.79 Å². The lowest BCUT2D eigenvalue weighted by Crippen LogP contribution is -2.12. The molecule has 0 radical (unpaired) electrons. The average molecular weight is 317 g/mol. The zero-order chi connectivity index (χ0) is 14.8. The van der Waals surface area contributed by atoms with Crippen LogP contribution < -0.4 is 5.32 Å². The molecule has 3 nitrogen and oxygen atoms in total. The Labute approximate surface area is 131 Å². The molecule has 1 heterocycles. The van der Waals surface area contributed by atoms with Crippen LogP contribution in [0.5, 0.6) is 0 Å². The molecule has 1 N–H and O–H groups in total. The molecule has 0 bridgehead atoms. The first kappa shape index (κ1) is 13.9. The van der Waals surface area contributed by atoms with E-state index in [1.54, 1.807) is 24.4 Å². The third-order valence-corrected chi connectivity index (χ3v) is 3.91. The van der Waals surface area contributed by atoms with Gasteiger partial charge in [0.15, 0.2) is 0 Å². The second-order valence-electron chi connectivity index (χ2n) is 4.43. The Bertz CT molecular complexity index is 828. The van der Waals surface area contributed by atoms with Gasteiger partial charge in [0, 0.05) is 11.6 Å². The monoisotopic (exact) mass is 316 g/mol. The van der Waals surface area contributed by atoms with E-state index in [-0.39, 0.29) is 10.9 Å². The molecule has 21 heavy (non-hydrogen) atoms. The molecule has 0 aliphatic rings. The maximum absolute atomic E-state index is 12.4. The summed E-state index contributed by atoms with van der Waals surface area (Å²) in [6, 6.07) is 14.2. The number of aromatic nitrogens is 1. The topological polar surface area (TPSA) is 42.0 Å². The zero-order valence-electron chi connectivity index (χ0n) is 10.8. The van der Waals surface area contributed by atoms with E-state index in [4.69, 9.17) is 23.2 Å². The van der Waals surface area contributed by atoms with E-state index in [9.17, 15) is 4.79 Å². The van der Waals surface area contributed by atoms with E-state index in [0.717, 1.165) is 10.9 Å². The van der Waals surface area contributed by atoms with Crippen LogP contribution in [0.25, 0.3) is 10.9 Å². The molecule has 1 amide bonds. The van der Waals surface area contributed by atoms with Crippen LogP contribution in [0.15, 0.2) is 54.7 Å². The minimum absolute atomic E-state index is 0.245. The van der Waals surface area contributed by atoms with E-state index in [1.807, 2.05) is 30.3 Å². The highest BCUT2D eigenvalue weighted by Crippen LogP contribution is 2.27. The lowest BCUT2D eigenvalue weighted by atomic mass is 10.1. The van der Waals surface area contributed by atoms with Crippen LogP contribution in [-0.2, 0) is 0 Å². The summed E-state index contributed by atoms with van der Waals surface area (Å²) >= 11 is 12.0. The number of hydrogen-bond donors (Lipinski definition) is 1. The molecule has 1 aromatic heterocycles. The predicted octanol–water partition coefficient (Wildman–Crippen LogP) is 4.79. The molecule has 3 rings (SSSR count). The van der Waals surface area contributed by atoms with Gasteiger partial charge >= 0.3 is 0 Å². The largest absolute Gasteiger partial charge is 0.321 e. The summed E-state index contributed by atoms with van der Waals surface area (Å²) in [4.78, 5) is 16.6. The number of hydrogen-bond acceptors (Lipinski definition) is 2. The number of halogens is 2. The normalized spacial score (nSPS) is 10.6. The molecular formula is C16H10Cl2N2O. The Hall–Kier alpha value is -2.10. The highest BCUT2D eigenvalue weighted by molar-refractivity contribution is 6.44. The van der Waals surface area contributed by atoms with Crippen molar-refractivity contribution in [2.75, 3.05) is 5.32 Å². The summed E-state index contributed by atoms with van der Waals surface area (Å²) in [5.41, 5.74) is 1.83.